The van der Waals surface area contributed by atoms with Gasteiger partial charge in [0.15, 0.2) is 0 Å². The molecule has 1 amide bonds. The first-order valence-corrected chi connectivity index (χ1v) is 10.4. The highest BCUT2D eigenvalue weighted by Gasteiger charge is 2.24. The summed E-state index contributed by atoms with van der Waals surface area (Å²) in [5.41, 5.74) is 4.11. The number of fused-ring (bicyclic) bond motifs is 3. The molecule has 0 bridgehead atoms. The number of thiophene rings is 1. The topological polar surface area (TPSA) is 29.1 Å². The van der Waals surface area contributed by atoms with Crippen LogP contribution >= 0.6 is 34.7 Å². The zero-order valence-corrected chi connectivity index (χ0v) is 15.6. The molecule has 0 saturated heterocycles. The van der Waals surface area contributed by atoms with Crippen molar-refractivity contribution in [3.8, 4) is 0 Å². The standard InChI is InChI=1S/C19H18ClNOS2/c20-13-7-5-12(6-8-13)10-21-19(22)18-9-17-15(11-23-18)14-3-1-2-4-16(14)24-17/h5-9H,1-4,10-11H2,(H,21,22). The second-order valence-electron chi connectivity index (χ2n) is 6.16. The number of hydrogen-bond acceptors (Lipinski definition) is 3. The SMILES string of the molecule is O=C(NCc1ccc(Cl)cc1)C1=Cc2sc3c(c2CS1)CCCC3. The van der Waals surface area contributed by atoms with E-state index in [2.05, 4.69) is 11.4 Å². The lowest BCUT2D eigenvalue weighted by Crippen LogP contribution is -2.24. The van der Waals surface area contributed by atoms with E-state index < -0.39 is 0 Å². The van der Waals surface area contributed by atoms with Crippen LogP contribution in [0.2, 0.25) is 5.02 Å². The predicted molar refractivity (Wildman–Crippen MR) is 104 cm³/mol. The van der Waals surface area contributed by atoms with Gasteiger partial charge in [0.05, 0.1) is 4.91 Å². The van der Waals surface area contributed by atoms with Gasteiger partial charge in [-0.15, -0.1) is 23.1 Å². The van der Waals surface area contributed by atoms with E-state index in [0.29, 0.717) is 11.6 Å². The van der Waals surface area contributed by atoms with Gasteiger partial charge in [0.25, 0.3) is 5.91 Å². The second kappa shape index (κ2) is 6.95. The summed E-state index contributed by atoms with van der Waals surface area (Å²) in [6.07, 6.45) is 7.12. The van der Waals surface area contributed by atoms with E-state index in [9.17, 15) is 4.79 Å². The van der Waals surface area contributed by atoms with Crippen LogP contribution < -0.4 is 5.32 Å². The minimum atomic E-state index is 0.0203. The Bertz CT molecular complexity index is 808. The van der Waals surface area contributed by atoms with Crippen molar-refractivity contribution in [1.29, 1.82) is 0 Å². The first kappa shape index (κ1) is 16.2. The summed E-state index contributed by atoms with van der Waals surface area (Å²) in [4.78, 5) is 16.1. The van der Waals surface area contributed by atoms with Gasteiger partial charge in [-0.05, 0) is 60.6 Å². The Morgan fingerprint density at radius 1 is 1.12 bits per heavy atom. The fraction of sp³-hybridized carbons (Fsp3) is 0.316. The van der Waals surface area contributed by atoms with Gasteiger partial charge in [0.1, 0.15) is 0 Å². The largest absolute Gasteiger partial charge is 0.348 e. The van der Waals surface area contributed by atoms with Gasteiger partial charge in [0.2, 0.25) is 0 Å². The average Bonchev–Trinajstić information content (AvgIpc) is 2.98. The number of nitrogens with one attached hydrogen (secondary N) is 1. The third kappa shape index (κ3) is 3.28. The molecule has 1 aliphatic heterocycles. The molecule has 4 rings (SSSR count). The summed E-state index contributed by atoms with van der Waals surface area (Å²) in [5.74, 6) is 0.952. The van der Waals surface area contributed by atoms with Crippen molar-refractivity contribution in [2.75, 3.05) is 0 Å². The molecule has 0 unspecified atom stereocenters. The molecule has 24 heavy (non-hydrogen) atoms. The van der Waals surface area contributed by atoms with Crippen molar-refractivity contribution < 1.29 is 4.79 Å². The smallest absolute Gasteiger partial charge is 0.258 e. The number of benzene rings is 1. The Morgan fingerprint density at radius 2 is 1.92 bits per heavy atom. The number of hydrogen-bond donors (Lipinski definition) is 1. The van der Waals surface area contributed by atoms with E-state index in [4.69, 9.17) is 11.6 Å². The van der Waals surface area contributed by atoms with Crippen molar-refractivity contribution in [2.45, 2.75) is 38.0 Å². The monoisotopic (exact) mass is 375 g/mol. The van der Waals surface area contributed by atoms with Crippen LogP contribution in [0.25, 0.3) is 6.08 Å². The third-order valence-corrected chi connectivity index (χ3v) is 7.12. The number of aryl methyl sites for hydroxylation is 1. The molecule has 2 aliphatic rings. The number of amides is 1. The molecule has 1 aromatic carbocycles. The van der Waals surface area contributed by atoms with Gasteiger partial charge < -0.3 is 5.32 Å². The van der Waals surface area contributed by atoms with Gasteiger partial charge in [-0.2, -0.15) is 0 Å². The van der Waals surface area contributed by atoms with E-state index in [1.54, 1.807) is 22.2 Å². The molecule has 1 aromatic heterocycles. The molecule has 2 aromatic rings. The van der Waals surface area contributed by atoms with Gasteiger partial charge in [0, 0.05) is 27.1 Å². The molecule has 0 saturated carbocycles. The molecule has 1 N–H and O–H groups in total. The lowest BCUT2D eigenvalue weighted by Gasteiger charge is -2.16. The van der Waals surface area contributed by atoms with E-state index in [1.807, 2.05) is 35.6 Å². The van der Waals surface area contributed by atoms with Crippen LogP contribution in [0.5, 0.6) is 0 Å². The van der Waals surface area contributed by atoms with Crippen molar-refractivity contribution in [2.24, 2.45) is 0 Å². The Kier molecular flexibility index (Phi) is 4.70. The number of carbonyl (C=O) groups excluding carboxylic acids is 1. The summed E-state index contributed by atoms with van der Waals surface area (Å²) < 4.78 is 0. The summed E-state index contributed by atoms with van der Waals surface area (Å²) in [7, 11) is 0. The normalized spacial score (nSPS) is 16.1. The molecule has 2 heterocycles. The molecule has 0 fully saturated rings. The molecule has 2 nitrogen and oxygen atoms in total. The summed E-state index contributed by atoms with van der Waals surface area (Å²) in [6.45, 7) is 0.529. The molecular formula is C19H18ClNOS2. The zero-order valence-electron chi connectivity index (χ0n) is 13.2. The van der Waals surface area contributed by atoms with Crippen LogP contribution in [-0.2, 0) is 29.9 Å². The summed E-state index contributed by atoms with van der Waals surface area (Å²) in [5, 5.41) is 3.73. The third-order valence-electron chi connectivity index (χ3n) is 4.54. The molecular weight excluding hydrogens is 358 g/mol. The van der Waals surface area contributed by atoms with Crippen molar-refractivity contribution >= 4 is 46.7 Å². The average molecular weight is 376 g/mol. The Hall–Kier alpha value is -1.23. The number of halogens is 1. The van der Waals surface area contributed by atoms with E-state index >= 15 is 0 Å². The Labute approximate surface area is 155 Å². The summed E-state index contributed by atoms with van der Waals surface area (Å²) in [6, 6.07) is 7.58. The van der Waals surface area contributed by atoms with Crippen LogP contribution in [0.3, 0.4) is 0 Å². The molecule has 5 heteroatoms. The highest BCUT2D eigenvalue weighted by molar-refractivity contribution is 8.03. The van der Waals surface area contributed by atoms with Crippen molar-refractivity contribution in [3.05, 3.63) is 60.6 Å². The number of carbonyl (C=O) groups is 1. The van der Waals surface area contributed by atoms with Gasteiger partial charge >= 0.3 is 0 Å². The Morgan fingerprint density at radius 3 is 2.75 bits per heavy atom. The number of thioether (sulfide) groups is 1. The minimum absolute atomic E-state index is 0.0203. The maximum atomic E-state index is 12.5. The van der Waals surface area contributed by atoms with Crippen molar-refractivity contribution in [1.82, 2.24) is 5.32 Å². The highest BCUT2D eigenvalue weighted by atomic mass is 35.5. The maximum absolute atomic E-state index is 12.5. The predicted octanol–water partition coefficient (Wildman–Crippen LogP) is 5.18. The Balaban J connectivity index is 1.47. The van der Waals surface area contributed by atoms with E-state index in [-0.39, 0.29) is 5.91 Å². The highest BCUT2D eigenvalue weighted by Crippen LogP contribution is 2.42. The maximum Gasteiger partial charge on any atom is 0.258 e. The summed E-state index contributed by atoms with van der Waals surface area (Å²) >= 11 is 9.44. The molecule has 0 atom stereocenters. The first-order chi connectivity index (χ1) is 11.7. The lowest BCUT2D eigenvalue weighted by atomic mass is 9.95. The number of rotatable bonds is 3. The second-order valence-corrected chi connectivity index (χ2v) is 8.75. The fourth-order valence-electron chi connectivity index (χ4n) is 3.24. The quantitative estimate of drug-likeness (QED) is 0.800. The van der Waals surface area contributed by atoms with Crippen LogP contribution in [-0.4, -0.2) is 5.91 Å². The van der Waals surface area contributed by atoms with Crippen LogP contribution in [0.1, 0.15) is 39.3 Å². The van der Waals surface area contributed by atoms with E-state index in [0.717, 1.165) is 16.2 Å². The fourth-order valence-corrected chi connectivity index (χ4v) is 5.92. The molecule has 1 aliphatic carbocycles. The van der Waals surface area contributed by atoms with Crippen LogP contribution in [0.4, 0.5) is 0 Å². The van der Waals surface area contributed by atoms with Gasteiger partial charge in [-0.25, -0.2) is 0 Å². The van der Waals surface area contributed by atoms with Gasteiger partial charge in [-0.3, -0.25) is 4.79 Å². The molecule has 0 spiro atoms. The van der Waals surface area contributed by atoms with Crippen molar-refractivity contribution in [3.63, 3.8) is 0 Å². The molecule has 0 radical (unpaired) electrons. The van der Waals surface area contributed by atoms with Gasteiger partial charge in [-0.1, -0.05) is 23.7 Å². The first-order valence-electron chi connectivity index (χ1n) is 8.21. The van der Waals surface area contributed by atoms with Crippen LogP contribution in [0.15, 0.2) is 29.2 Å². The minimum Gasteiger partial charge on any atom is -0.348 e. The zero-order chi connectivity index (χ0) is 16.5. The lowest BCUT2D eigenvalue weighted by molar-refractivity contribution is -0.116. The molecule has 124 valence electrons. The van der Waals surface area contributed by atoms with E-state index in [1.165, 1.54) is 36.1 Å². The van der Waals surface area contributed by atoms with Crippen LogP contribution in [0, 0.1) is 0 Å².